The second kappa shape index (κ2) is 9.14. The number of para-hydroxylation sites is 2. The van der Waals surface area contributed by atoms with E-state index in [0.29, 0.717) is 17.9 Å². The minimum absolute atomic E-state index is 0.189. The second-order valence-corrected chi connectivity index (χ2v) is 6.27. The molecule has 4 nitrogen and oxygen atoms in total. The minimum Gasteiger partial charge on any atom is -0.489 e. The van der Waals surface area contributed by atoms with Crippen LogP contribution in [0.1, 0.15) is 15.9 Å². The van der Waals surface area contributed by atoms with Crippen LogP contribution in [0.25, 0.3) is 0 Å². The maximum Gasteiger partial charge on any atom is 0.405 e. The molecule has 0 aromatic heterocycles. The Morgan fingerprint density at radius 3 is 2.28 bits per heavy atom. The molecule has 7 heteroatoms. The average Bonchev–Trinajstić information content (AvgIpc) is 2.72. The Bertz CT molecular complexity index is 960. The first-order valence-corrected chi connectivity index (χ1v) is 8.88. The number of hydrogen-bond donors (Lipinski definition) is 2. The van der Waals surface area contributed by atoms with E-state index in [1.54, 1.807) is 36.4 Å². The van der Waals surface area contributed by atoms with E-state index in [0.717, 1.165) is 5.56 Å². The molecule has 3 aromatic rings. The van der Waals surface area contributed by atoms with E-state index in [1.807, 2.05) is 30.3 Å². The molecule has 0 heterocycles. The molecule has 0 spiro atoms. The van der Waals surface area contributed by atoms with Gasteiger partial charge < -0.3 is 15.4 Å². The van der Waals surface area contributed by atoms with Gasteiger partial charge in [0.25, 0.3) is 5.91 Å². The fourth-order valence-electron chi connectivity index (χ4n) is 2.60. The summed E-state index contributed by atoms with van der Waals surface area (Å²) in [4.78, 5) is 12.6. The minimum atomic E-state index is -4.36. The molecule has 0 bridgehead atoms. The van der Waals surface area contributed by atoms with Gasteiger partial charge in [-0.3, -0.25) is 4.79 Å². The third-order valence-electron chi connectivity index (χ3n) is 4.00. The lowest BCUT2D eigenvalue weighted by molar-refractivity contribution is -0.115. The molecule has 0 saturated heterocycles. The number of carbonyl (C=O) groups is 1. The fourth-order valence-corrected chi connectivity index (χ4v) is 2.60. The zero-order chi connectivity index (χ0) is 20.7. The van der Waals surface area contributed by atoms with Gasteiger partial charge in [-0.15, -0.1) is 0 Å². The van der Waals surface area contributed by atoms with Crippen molar-refractivity contribution in [2.45, 2.75) is 12.8 Å². The largest absolute Gasteiger partial charge is 0.489 e. The first-order valence-electron chi connectivity index (χ1n) is 8.88. The molecule has 0 unspecified atom stereocenters. The summed E-state index contributed by atoms with van der Waals surface area (Å²) in [7, 11) is 0. The van der Waals surface area contributed by atoms with Gasteiger partial charge in [-0.2, -0.15) is 13.2 Å². The Balaban J connectivity index is 1.67. The standard InChI is InChI=1S/C22H19F3N2O2/c23-22(24,25)15-26-19-11-4-5-12-20(19)27-21(28)17-9-6-10-18(13-17)29-14-16-7-2-1-3-8-16/h1-13,26H,14-15H2,(H,27,28). The molecule has 3 rings (SSSR count). The number of hydrogen-bond acceptors (Lipinski definition) is 3. The number of alkyl halides is 3. The van der Waals surface area contributed by atoms with Crippen LogP contribution in [-0.2, 0) is 6.61 Å². The molecule has 0 aliphatic heterocycles. The highest BCUT2D eigenvalue weighted by Crippen LogP contribution is 2.25. The van der Waals surface area contributed by atoms with Crippen molar-refractivity contribution < 1.29 is 22.7 Å². The molecule has 3 aromatic carbocycles. The van der Waals surface area contributed by atoms with Crippen molar-refractivity contribution in [3.8, 4) is 5.75 Å². The van der Waals surface area contributed by atoms with Crippen LogP contribution in [0.15, 0.2) is 78.9 Å². The van der Waals surface area contributed by atoms with Crippen molar-refractivity contribution in [2.75, 3.05) is 17.2 Å². The number of halogens is 3. The van der Waals surface area contributed by atoms with Crippen molar-refractivity contribution in [1.82, 2.24) is 0 Å². The molecule has 0 aliphatic carbocycles. The van der Waals surface area contributed by atoms with Crippen LogP contribution in [0.3, 0.4) is 0 Å². The number of nitrogens with one attached hydrogen (secondary N) is 2. The zero-order valence-corrected chi connectivity index (χ0v) is 15.4. The average molecular weight is 400 g/mol. The molecule has 29 heavy (non-hydrogen) atoms. The highest BCUT2D eigenvalue weighted by molar-refractivity contribution is 6.06. The number of ether oxygens (including phenoxy) is 1. The lowest BCUT2D eigenvalue weighted by Gasteiger charge is -2.14. The predicted molar refractivity (Wildman–Crippen MR) is 106 cm³/mol. The lowest BCUT2D eigenvalue weighted by Crippen LogP contribution is -2.22. The normalized spacial score (nSPS) is 11.0. The van der Waals surface area contributed by atoms with E-state index in [2.05, 4.69) is 10.6 Å². The molecular formula is C22H19F3N2O2. The number of anilines is 2. The quantitative estimate of drug-likeness (QED) is 0.551. The monoisotopic (exact) mass is 400 g/mol. The van der Waals surface area contributed by atoms with Crippen LogP contribution in [0.2, 0.25) is 0 Å². The van der Waals surface area contributed by atoms with Crippen molar-refractivity contribution in [3.05, 3.63) is 90.0 Å². The molecule has 2 N–H and O–H groups in total. The molecule has 0 radical (unpaired) electrons. The van der Waals surface area contributed by atoms with E-state index < -0.39 is 18.6 Å². The molecule has 0 atom stereocenters. The smallest absolute Gasteiger partial charge is 0.405 e. The van der Waals surface area contributed by atoms with Crippen molar-refractivity contribution in [2.24, 2.45) is 0 Å². The van der Waals surface area contributed by atoms with Gasteiger partial charge in [-0.05, 0) is 35.9 Å². The Morgan fingerprint density at radius 1 is 0.862 bits per heavy atom. The molecule has 0 aliphatic rings. The lowest BCUT2D eigenvalue weighted by atomic mass is 10.2. The van der Waals surface area contributed by atoms with Crippen molar-refractivity contribution in [1.29, 1.82) is 0 Å². The number of carbonyl (C=O) groups excluding carboxylic acids is 1. The van der Waals surface area contributed by atoms with Crippen LogP contribution >= 0.6 is 0 Å². The summed E-state index contributed by atoms with van der Waals surface area (Å²) in [5.41, 5.74) is 1.78. The van der Waals surface area contributed by atoms with Gasteiger partial charge in [0.05, 0.1) is 11.4 Å². The maximum atomic E-state index is 12.6. The van der Waals surface area contributed by atoms with Gasteiger partial charge in [-0.1, -0.05) is 48.5 Å². The summed E-state index contributed by atoms with van der Waals surface area (Å²) < 4.78 is 43.1. The summed E-state index contributed by atoms with van der Waals surface area (Å²) in [6.07, 6.45) is -4.36. The predicted octanol–water partition coefficient (Wildman–Crippen LogP) is 5.49. The SMILES string of the molecule is O=C(Nc1ccccc1NCC(F)(F)F)c1cccc(OCc2ccccc2)c1. The van der Waals surface area contributed by atoms with Crippen LogP contribution < -0.4 is 15.4 Å². The van der Waals surface area contributed by atoms with Gasteiger partial charge in [0, 0.05) is 5.56 Å². The molecule has 150 valence electrons. The Labute approximate surface area is 166 Å². The molecule has 0 saturated carbocycles. The highest BCUT2D eigenvalue weighted by Gasteiger charge is 2.27. The van der Waals surface area contributed by atoms with Crippen LogP contribution in [0.5, 0.6) is 5.75 Å². The van der Waals surface area contributed by atoms with Gasteiger partial charge in [-0.25, -0.2) is 0 Å². The van der Waals surface area contributed by atoms with E-state index in [-0.39, 0.29) is 11.4 Å². The topological polar surface area (TPSA) is 50.4 Å². The van der Waals surface area contributed by atoms with Gasteiger partial charge in [0.1, 0.15) is 18.9 Å². The van der Waals surface area contributed by atoms with E-state index in [4.69, 9.17) is 4.74 Å². The van der Waals surface area contributed by atoms with Crippen molar-refractivity contribution in [3.63, 3.8) is 0 Å². The summed E-state index contributed by atoms with van der Waals surface area (Å²) in [5.74, 6) is 0.0707. The maximum absolute atomic E-state index is 12.6. The highest BCUT2D eigenvalue weighted by atomic mass is 19.4. The summed E-state index contributed by atoms with van der Waals surface area (Å²) in [6, 6.07) is 22.4. The van der Waals surface area contributed by atoms with Crippen LogP contribution in [0, 0.1) is 0 Å². The first kappa shape index (κ1) is 20.3. The van der Waals surface area contributed by atoms with Gasteiger partial charge in [0.15, 0.2) is 0 Å². The summed E-state index contributed by atoms with van der Waals surface area (Å²) in [5, 5.41) is 4.94. The molecule has 1 amide bonds. The molecular weight excluding hydrogens is 381 g/mol. The number of benzene rings is 3. The Morgan fingerprint density at radius 2 is 1.55 bits per heavy atom. The summed E-state index contributed by atoms with van der Waals surface area (Å²) in [6.45, 7) is -0.835. The first-order chi connectivity index (χ1) is 13.9. The summed E-state index contributed by atoms with van der Waals surface area (Å²) >= 11 is 0. The fraction of sp³-hybridized carbons (Fsp3) is 0.136. The third-order valence-corrected chi connectivity index (χ3v) is 4.00. The number of amides is 1. The van der Waals surface area contributed by atoms with Gasteiger partial charge in [0.2, 0.25) is 0 Å². The van der Waals surface area contributed by atoms with Gasteiger partial charge >= 0.3 is 6.18 Å². The third kappa shape index (κ3) is 6.27. The van der Waals surface area contributed by atoms with E-state index in [9.17, 15) is 18.0 Å². The van der Waals surface area contributed by atoms with E-state index >= 15 is 0 Å². The number of rotatable bonds is 7. The van der Waals surface area contributed by atoms with E-state index in [1.165, 1.54) is 12.1 Å². The van der Waals surface area contributed by atoms with Crippen LogP contribution in [-0.4, -0.2) is 18.6 Å². The molecule has 0 fully saturated rings. The Hall–Kier alpha value is -3.48. The second-order valence-electron chi connectivity index (χ2n) is 6.27. The zero-order valence-electron chi connectivity index (χ0n) is 15.4. The van der Waals surface area contributed by atoms with Crippen LogP contribution in [0.4, 0.5) is 24.5 Å². The Kier molecular flexibility index (Phi) is 6.39. The van der Waals surface area contributed by atoms with Crippen molar-refractivity contribution >= 4 is 17.3 Å².